The number of carbonyl (C=O) groups excluding carboxylic acids is 3. The molecule has 0 aliphatic carbocycles. The summed E-state index contributed by atoms with van der Waals surface area (Å²) in [6, 6.07) is -0.497. The van der Waals surface area contributed by atoms with E-state index < -0.39 is 17.9 Å². The summed E-state index contributed by atoms with van der Waals surface area (Å²) in [5.74, 6) is -1.23. The fraction of sp³-hybridized carbons (Fsp3) is 0.700. The maximum atomic E-state index is 11.1. The van der Waals surface area contributed by atoms with Crippen molar-refractivity contribution in [2.24, 2.45) is 0 Å². The van der Waals surface area contributed by atoms with Crippen molar-refractivity contribution in [1.29, 1.82) is 0 Å². The van der Waals surface area contributed by atoms with Gasteiger partial charge in [0.15, 0.2) is 0 Å². The van der Waals surface area contributed by atoms with E-state index in [1.54, 1.807) is 0 Å². The number of carbonyl (C=O) groups is 3. The van der Waals surface area contributed by atoms with Gasteiger partial charge in [-0.1, -0.05) is 6.42 Å². The summed E-state index contributed by atoms with van der Waals surface area (Å²) in [5.41, 5.74) is 0. The van der Waals surface area contributed by atoms with Crippen molar-refractivity contribution in [3.05, 3.63) is 10.6 Å². The van der Waals surface area contributed by atoms with Crippen LogP contribution in [0, 0.1) is 0 Å². The van der Waals surface area contributed by atoms with Crippen molar-refractivity contribution >= 4 is 43.0 Å². The third kappa shape index (κ3) is 12.6. The van der Waals surface area contributed by atoms with E-state index >= 15 is 0 Å². The molecule has 0 aliphatic heterocycles. The molecule has 20 heavy (non-hydrogen) atoms. The zero-order chi connectivity index (χ0) is 16.0. The fourth-order valence-electron chi connectivity index (χ4n) is 1.11. The number of rotatable bonds is 8. The topological polar surface area (TPSA) is 109 Å². The van der Waals surface area contributed by atoms with Gasteiger partial charge in [-0.05, 0) is 0 Å². The minimum absolute atomic E-state index is 0.0630. The summed E-state index contributed by atoms with van der Waals surface area (Å²) in [5, 5.41) is 9.95. The van der Waals surface area contributed by atoms with E-state index in [9.17, 15) is 14.4 Å². The molecule has 0 aromatic heterocycles. The molecule has 0 fully saturated rings. The van der Waals surface area contributed by atoms with Crippen LogP contribution in [0.2, 0.25) is 0 Å². The molecule has 0 aromatic rings. The second-order valence-corrected chi connectivity index (χ2v) is 3.99. The Bertz CT molecular complexity index is 301. The van der Waals surface area contributed by atoms with Gasteiger partial charge in [0.1, 0.15) is 0 Å². The SMILES string of the molecule is CNC(=O)CCC(C[N-]C(=O)C[S-])[N-]C(=O)C[S-].[O]=[Tc+4]. The molecule has 10 heteroatoms. The van der Waals surface area contributed by atoms with Crippen molar-refractivity contribution in [3.63, 3.8) is 0 Å². The van der Waals surface area contributed by atoms with Crippen LogP contribution in [-0.2, 0) is 62.0 Å². The monoisotopic (exact) mass is 402 g/mol. The molecule has 1 unspecified atom stereocenters. The Balaban J connectivity index is 0. The predicted molar refractivity (Wildman–Crippen MR) is 73.8 cm³/mol. The van der Waals surface area contributed by atoms with Gasteiger partial charge in [-0.3, -0.25) is 4.79 Å². The number of hydrogen-bond donors (Lipinski definition) is 1. The Morgan fingerprint density at radius 2 is 1.70 bits per heavy atom. The van der Waals surface area contributed by atoms with E-state index in [2.05, 4.69) is 41.2 Å². The third-order valence-corrected chi connectivity index (χ3v) is 2.53. The molecule has 1 N–H and O–H groups in total. The van der Waals surface area contributed by atoms with Crippen LogP contribution in [0.15, 0.2) is 0 Å². The molecule has 0 rings (SSSR count). The molecule has 7 nitrogen and oxygen atoms in total. The number of nitrogens with one attached hydrogen (secondary N) is 1. The minimum atomic E-state index is -0.497. The molecule has 113 valence electrons. The van der Waals surface area contributed by atoms with Crippen LogP contribution in [0.3, 0.4) is 0 Å². The van der Waals surface area contributed by atoms with Gasteiger partial charge in [0.25, 0.3) is 0 Å². The van der Waals surface area contributed by atoms with E-state index in [4.69, 9.17) is 3.50 Å². The van der Waals surface area contributed by atoms with Gasteiger partial charge in [0.05, 0.1) is 0 Å². The summed E-state index contributed by atoms with van der Waals surface area (Å²) >= 11 is 10.0. The van der Waals surface area contributed by atoms with Gasteiger partial charge >= 0.3 is 22.4 Å². The predicted octanol–water partition coefficient (Wildman–Crippen LogP) is -0.346. The molecule has 0 saturated carbocycles. The Labute approximate surface area is 139 Å². The number of amides is 3. The second kappa shape index (κ2) is 15.0. The van der Waals surface area contributed by atoms with Gasteiger partial charge in [-0.2, -0.15) is 0 Å². The van der Waals surface area contributed by atoms with Crippen LogP contribution in [-0.4, -0.2) is 48.9 Å². The van der Waals surface area contributed by atoms with Gasteiger partial charge in [0.2, 0.25) is 5.91 Å². The first-order valence-corrected chi connectivity index (χ1v) is 7.41. The Hall–Kier alpha value is -0.441. The summed E-state index contributed by atoms with van der Waals surface area (Å²) in [7, 11) is 1.52. The number of hydrogen-bond acceptors (Lipinski definition) is 6. The molecule has 0 saturated heterocycles. The summed E-state index contributed by atoms with van der Waals surface area (Å²) in [4.78, 5) is 33.2. The first-order chi connectivity index (χ1) is 9.53. The van der Waals surface area contributed by atoms with Crippen LogP contribution in [0.1, 0.15) is 12.8 Å². The van der Waals surface area contributed by atoms with Crippen molar-refractivity contribution in [2.75, 3.05) is 25.1 Å². The van der Waals surface area contributed by atoms with Crippen LogP contribution in [0.4, 0.5) is 0 Å². The quantitative estimate of drug-likeness (QED) is 0.555. The molecule has 0 aliphatic rings. The fourth-order valence-corrected chi connectivity index (χ4v) is 1.28. The van der Waals surface area contributed by atoms with Gasteiger partial charge in [-0.25, -0.2) is 0 Å². The van der Waals surface area contributed by atoms with Crippen molar-refractivity contribution in [3.8, 4) is 0 Å². The van der Waals surface area contributed by atoms with Crippen molar-refractivity contribution in [2.45, 2.75) is 18.9 Å². The normalized spacial score (nSPS) is 10.7. The van der Waals surface area contributed by atoms with E-state index in [1.165, 1.54) is 7.05 Å². The molecule has 0 heterocycles. The van der Waals surface area contributed by atoms with Crippen LogP contribution < -0.4 is 5.32 Å². The van der Waals surface area contributed by atoms with E-state index in [1.807, 2.05) is 0 Å². The molecule has 3 amide bonds. The van der Waals surface area contributed by atoms with Crippen LogP contribution in [0.5, 0.6) is 0 Å². The van der Waals surface area contributed by atoms with E-state index in [0.717, 1.165) is 18.9 Å². The molecule has 0 bridgehead atoms. The van der Waals surface area contributed by atoms with Crippen LogP contribution in [0.25, 0.3) is 10.6 Å². The summed E-state index contributed by atoms with van der Waals surface area (Å²) in [6.45, 7) is 0.0630. The molecular formula is C10H15N3O4S2Tc. The molecule has 1 atom stereocenters. The van der Waals surface area contributed by atoms with Gasteiger partial charge in [0, 0.05) is 25.3 Å². The van der Waals surface area contributed by atoms with Gasteiger partial charge in [-0.15, -0.1) is 24.1 Å². The number of nitrogens with zero attached hydrogens (tertiary/aromatic N) is 2. The average Bonchev–Trinajstić information content (AvgIpc) is 2.50. The Morgan fingerprint density at radius 3 is 2.15 bits per heavy atom. The van der Waals surface area contributed by atoms with Crippen LogP contribution >= 0.6 is 0 Å². The molecule has 0 aromatic carbocycles. The zero-order valence-corrected chi connectivity index (χ0v) is 14.3. The van der Waals surface area contributed by atoms with Crippen molar-refractivity contribution in [1.82, 2.24) is 5.32 Å². The first kappa shape index (κ1) is 21.9. The van der Waals surface area contributed by atoms with E-state index in [0.29, 0.717) is 6.42 Å². The molecule has 0 spiro atoms. The molecule has 0 radical (unpaired) electrons. The average molecular weight is 403 g/mol. The third-order valence-electron chi connectivity index (χ3n) is 2.04. The summed E-state index contributed by atoms with van der Waals surface area (Å²) in [6.07, 6.45) is 0.557. The Morgan fingerprint density at radius 1 is 1.15 bits per heavy atom. The molecular weight excluding hydrogens is 388 g/mol. The first-order valence-electron chi connectivity index (χ1n) is 5.49. The second-order valence-electron chi connectivity index (χ2n) is 3.41. The summed E-state index contributed by atoms with van der Waals surface area (Å²) < 4.78 is 8.22. The standard InChI is InChI=1S/C10H19N3O3S2.O.Tc/c1-11-8(14)3-2-7(13-10(16)6-18)4-12-9(15)5-17;;/h7H,2-6H2,1H3,(H5,11,12,13,14,15,16,17,18);;/q;;+4/p-4. The van der Waals surface area contributed by atoms with Gasteiger partial charge < -0.3 is 50.8 Å². The zero-order valence-electron chi connectivity index (χ0n) is 10.8. The Kier molecular flexibility index (Phi) is 16.3. The van der Waals surface area contributed by atoms with E-state index in [-0.39, 0.29) is 30.4 Å². The maximum absolute atomic E-state index is 11.1. The van der Waals surface area contributed by atoms with Crippen molar-refractivity contribution < 1.29 is 36.7 Å².